The van der Waals surface area contributed by atoms with Crippen molar-refractivity contribution in [1.82, 2.24) is 14.8 Å². The number of aromatic amines is 1. The Kier molecular flexibility index (Phi) is 3.53. The lowest BCUT2D eigenvalue weighted by atomic mass is 10.1. The van der Waals surface area contributed by atoms with Gasteiger partial charge in [-0.25, -0.2) is 9.89 Å². The Balaban J connectivity index is 2.32. The molecule has 5 nitrogen and oxygen atoms in total. The summed E-state index contributed by atoms with van der Waals surface area (Å²) in [5.74, 6) is 0. The normalized spacial score (nSPS) is 10.3. The summed E-state index contributed by atoms with van der Waals surface area (Å²) < 4.78 is 1.57. The minimum atomic E-state index is -0.203. The van der Waals surface area contributed by atoms with Crippen molar-refractivity contribution in [2.45, 2.75) is 30.4 Å². The third kappa shape index (κ3) is 2.31. The SMILES string of the molecule is CCn1c(Sc2ccc(C#N)c(C)c2)n[nH]c1=O. The Morgan fingerprint density at radius 3 is 2.94 bits per heavy atom. The Morgan fingerprint density at radius 2 is 2.33 bits per heavy atom. The van der Waals surface area contributed by atoms with Gasteiger partial charge in [0.15, 0.2) is 5.16 Å². The molecule has 2 rings (SSSR count). The van der Waals surface area contributed by atoms with Crippen LogP contribution < -0.4 is 5.69 Å². The van der Waals surface area contributed by atoms with Gasteiger partial charge >= 0.3 is 5.69 Å². The molecule has 0 radical (unpaired) electrons. The van der Waals surface area contributed by atoms with Gasteiger partial charge < -0.3 is 0 Å². The molecule has 0 saturated carbocycles. The Labute approximate surface area is 108 Å². The van der Waals surface area contributed by atoms with E-state index in [0.29, 0.717) is 17.3 Å². The van der Waals surface area contributed by atoms with Crippen molar-refractivity contribution in [2.24, 2.45) is 0 Å². The van der Waals surface area contributed by atoms with Crippen molar-refractivity contribution in [2.75, 3.05) is 0 Å². The fraction of sp³-hybridized carbons (Fsp3) is 0.250. The van der Waals surface area contributed by atoms with Gasteiger partial charge in [-0.3, -0.25) is 4.57 Å². The average Bonchev–Trinajstić information content (AvgIpc) is 2.70. The first kappa shape index (κ1) is 12.5. The van der Waals surface area contributed by atoms with Crippen molar-refractivity contribution < 1.29 is 0 Å². The monoisotopic (exact) mass is 260 g/mol. The van der Waals surface area contributed by atoms with E-state index in [9.17, 15) is 4.79 Å². The van der Waals surface area contributed by atoms with Gasteiger partial charge in [0.1, 0.15) is 0 Å². The molecule has 2 aromatic rings. The van der Waals surface area contributed by atoms with E-state index in [0.717, 1.165) is 10.5 Å². The van der Waals surface area contributed by atoms with Gasteiger partial charge in [0.25, 0.3) is 0 Å². The van der Waals surface area contributed by atoms with E-state index in [2.05, 4.69) is 16.3 Å². The number of nitrogens with zero attached hydrogens (tertiary/aromatic N) is 3. The highest BCUT2D eigenvalue weighted by Gasteiger charge is 2.09. The van der Waals surface area contributed by atoms with Gasteiger partial charge in [-0.1, -0.05) is 0 Å². The maximum Gasteiger partial charge on any atom is 0.343 e. The van der Waals surface area contributed by atoms with Gasteiger partial charge in [-0.15, -0.1) is 5.10 Å². The van der Waals surface area contributed by atoms with E-state index in [1.807, 2.05) is 26.0 Å². The molecular formula is C12H12N4OS. The third-order valence-corrected chi connectivity index (χ3v) is 3.55. The van der Waals surface area contributed by atoms with E-state index >= 15 is 0 Å². The molecule has 0 aliphatic carbocycles. The zero-order chi connectivity index (χ0) is 13.1. The highest BCUT2D eigenvalue weighted by Crippen LogP contribution is 2.26. The number of rotatable bonds is 3. The second-order valence-electron chi connectivity index (χ2n) is 3.75. The molecule has 0 atom stereocenters. The molecule has 92 valence electrons. The maximum atomic E-state index is 11.4. The van der Waals surface area contributed by atoms with Crippen LogP contribution in [-0.2, 0) is 6.54 Å². The average molecular weight is 260 g/mol. The molecule has 1 heterocycles. The van der Waals surface area contributed by atoms with Gasteiger partial charge in [-0.2, -0.15) is 5.26 Å². The van der Waals surface area contributed by atoms with Gasteiger partial charge in [0.05, 0.1) is 11.6 Å². The molecule has 18 heavy (non-hydrogen) atoms. The largest absolute Gasteiger partial charge is 0.343 e. The maximum absolute atomic E-state index is 11.4. The molecule has 1 N–H and O–H groups in total. The molecule has 0 amide bonds. The van der Waals surface area contributed by atoms with E-state index < -0.39 is 0 Å². The molecule has 0 bridgehead atoms. The zero-order valence-electron chi connectivity index (χ0n) is 10.1. The predicted octanol–water partition coefficient (Wildman–Crippen LogP) is 1.92. The van der Waals surface area contributed by atoms with Crippen LogP contribution in [0, 0.1) is 18.3 Å². The molecule has 0 fully saturated rings. The van der Waals surface area contributed by atoms with Crippen LogP contribution in [0.2, 0.25) is 0 Å². The number of H-pyrrole nitrogens is 1. The van der Waals surface area contributed by atoms with Gasteiger partial charge in [-0.05, 0) is 49.4 Å². The number of aromatic nitrogens is 3. The lowest BCUT2D eigenvalue weighted by Gasteiger charge is -2.04. The summed E-state index contributed by atoms with van der Waals surface area (Å²) in [5, 5.41) is 15.9. The first-order valence-corrected chi connectivity index (χ1v) is 6.31. The van der Waals surface area contributed by atoms with Gasteiger partial charge in [0.2, 0.25) is 0 Å². The highest BCUT2D eigenvalue weighted by atomic mass is 32.2. The van der Waals surface area contributed by atoms with Crippen LogP contribution in [0.15, 0.2) is 33.0 Å². The van der Waals surface area contributed by atoms with Crippen molar-refractivity contribution in [3.63, 3.8) is 0 Å². The molecule has 1 aromatic heterocycles. The minimum Gasteiger partial charge on any atom is -0.270 e. The number of hydrogen-bond donors (Lipinski definition) is 1. The molecule has 1 aromatic carbocycles. The van der Waals surface area contributed by atoms with E-state index in [-0.39, 0.29) is 5.69 Å². The summed E-state index contributed by atoms with van der Waals surface area (Å²) in [6.07, 6.45) is 0. The Morgan fingerprint density at radius 1 is 1.56 bits per heavy atom. The summed E-state index contributed by atoms with van der Waals surface area (Å²) in [5.41, 5.74) is 1.38. The zero-order valence-corrected chi connectivity index (χ0v) is 10.9. The summed E-state index contributed by atoms with van der Waals surface area (Å²) in [6.45, 7) is 4.36. The van der Waals surface area contributed by atoms with Crippen molar-refractivity contribution in [1.29, 1.82) is 5.26 Å². The van der Waals surface area contributed by atoms with Crippen LogP contribution in [0.3, 0.4) is 0 Å². The van der Waals surface area contributed by atoms with Crippen LogP contribution >= 0.6 is 11.8 Å². The van der Waals surface area contributed by atoms with Crippen molar-refractivity contribution in [3.05, 3.63) is 39.8 Å². The molecule has 0 unspecified atom stereocenters. The van der Waals surface area contributed by atoms with Crippen LogP contribution in [0.25, 0.3) is 0 Å². The summed E-state index contributed by atoms with van der Waals surface area (Å²) in [6, 6.07) is 7.68. The number of nitrogens with one attached hydrogen (secondary N) is 1. The van der Waals surface area contributed by atoms with E-state index in [1.54, 1.807) is 10.6 Å². The topological polar surface area (TPSA) is 74.5 Å². The van der Waals surface area contributed by atoms with Crippen LogP contribution in [0.5, 0.6) is 0 Å². The van der Waals surface area contributed by atoms with Gasteiger partial charge in [0, 0.05) is 11.4 Å². The highest BCUT2D eigenvalue weighted by molar-refractivity contribution is 7.99. The molecule has 0 spiro atoms. The molecule has 0 aliphatic heterocycles. The van der Waals surface area contributed by atoms with E-state index in [1.165, 1.54) is 11.8 Å². The van der Waals surface area contributed by atoms with Crippen molar-refractivity contribution in [3.8, 4) is 6.07 Å². The lowest BCUT2D eigenvalue weighted by Crippen LogP contribution is -2.15. The fourth-order valence-corrected chi connectivity index (χ4v) is 2.59. The second-order valence-corrected chi connectivity index (χ2v) is 4.79. The molecular weight excluding hydrogens is 248 g/mol. The first-order valence-electron chi connectivity index (χ1n) is 5.49. The molecule has 0 aliphatic rings. The Hall–Kier alpha value is -2.00. The molecule has 0 saturated heterocycles. The quantitative estimate of drug-likeness (QED) is 0.915. The number of aryl methyl sites for hydroxylation is 1. The van der Waals surface area contributed by atoms with Crippen LogP contribution in [0.4, 0.5) is 0 Å². The number of hydrogen-bond acceptors (Lipinski definition) is 4. The summed E-state index contributed by atoms with van der Waals surface area (Å²) in [4.78, 5) is 12.4. The van der Waals surface area contributed by atoms with Crippen molar-refractivity contribution >= 4 is 11.8 Å². The van der Waals surface area contributed by atoms with Crippen LogP contribution in [-0.4, -0.2) is 14.8 Å². The standard InChI is InChI=1S/C12H12N4OS/c1-3-16-11(17)14-15-12(16)18-10-5-4-9(7-13)8(2)6-10/h4-6H,3H2,1-2H3,(H,14,17). The smallest absolute Gasteiger partial charge is 0.270 e. The first-order chi connectivity index (χ1) is 8.65. The predicted molar refractivity (Wildman–Crippen MR) is 68.5 cm³/mol. The molecule has 6 heteroatoms. The fourth-order valence-electron chi connectivity index (χ4n) is 1.59. The minimum absolute atomic E-state index is 0.203. The van der Waals surface area contributed by atoms with Crippen LogP contribution in [0.1, 0.15) is 18.1 Å². The Bertz CT molecular complexity index is 665. The van der Waals surface area contributed by atoms with E-state index in [4.69, 9.17) is 5.26 Å². The lowest BCUT2D eigenvalue weighted by molar-refractivity contribution is 0.660. The number of nitriles is 1. The summed E-state index contributed by atoms with van der Waals surface area (Å²) in [7, 11) is 0. The second kappa shape index (κ2) is 5.10. The third-order valence-electron chi connectivity index (χ3n) is 2.57. The number of benzene rings is 1. The summed E-state index contributed by atoms with van der Waals surface area (Å²) >= 11 is 1.40.